The lowest BCUT2D eigenvalue weighted by Crippen LogP contribution is -2.24. The normalized spacial score (nSPS) is 12.7. The molecule has 6 heteroatoms. The summed E-state index contributed by atoms with van der Waals surface area (Å²) >= 11 is 6.03. The van der Waals surface area contributed by atoms with Crippen molar-refractivity contribution in [3.63, 3.8) is 0 Å². The number of aromatic nitrogens is 2. The number of carbonyl (C=O) groups is 1. The molecule has 1 aromatic heterocycles. The highest BCUT2D eigenvalue weighted by Crippen LogP contribution is 2.28. The van der Waals surface area contributed by atoms with Gasteiger partial charge in [0.25, 0.3) is 5.91 Å². The number of carbonyl (C=O) groups excluding carboxylic acids is 1. The van der Waals surface area contributed by atoms with Crippen LogP contribution in [0.2, 0.25) is 5.02 Å². The SMILES string of the molecule is COc1ccc(Cl)cc1C(=O)NCc1nn(-c2ccccc2)c2c1CCC2. The molecule has 0 bridgehead atoms. The van der Waals surface area contributed by atoms with E-state index in [4.69, 9.17) is 21.4 Å². The fourth-order valence-electron chi connectivity index (χ4n) is 3.56. The Morgan fingerprint density at radius 1 is 1.22 bits per heavy atom. The van der Waals surface area contributed by atoms with Crippen molar-refractivity contribution in [2.75, 3.05) is 7.11 Å². The molecule has 0 radical (unpaired) electrons. The van der Waals surface area contributed by atoms with Crippen LogP contribution in [0.4, 0.5) is 0 Å². The van der Waals surface area contributed by atoms with Crippen molar-refractivity contribution in [2.45, 2.75) is 25.8 Å². The summed E-state index contributed by atoms with van der Waals surface area (Å²) in [6, 6.07) is 15.1. The van der Waals surface area contributed by atoms with E-state index in [9.17, 15) is 4.79 Å². The second kappa shape index (κ2) is 7.45. The van der Waals surface area contributed by atoms with E-state index in [1.807, 2.05) is 35.0 Å². The van der Waals surface area contributed by atoms with Crippen molar-refractivity contribution in [2.24, 2.45) is 0 Å². The maximum Gasteiger partial charge on any atom is 0.255 e. The Bertz CT molecular complexity index is 983. The summed E-state index contributed by atoms with van der Waals surface area (Å²) in [5.74, 6) is 0.271. The maximum absolute atomic E-state index is 12.6. The smallest absolute Gasteiger partial charge is 0.255 e. The molecule has 1 heterocycles. The number of methoxy groups -OCH3 is 1. The number of para-hydroxylation sites is 1. The van der Waals surface area contributed by atoms with Crippen molar-refractivity contribution in [3.8, 4) is 11.4 Å². The molecule has 1 aliphatic rings. The number of ether oxygens (including phenoxy) is 1. The predicted octanol–water partition coefficient (Wildman–Crippen LogP) is 3.95. The Labute approximate surface area is 162 Å². The van der Waals surface area contributed by atoms with E-state index in [1.165, 1.54) is 18.4 Å². The van der Waals surface area contributed by atoms with Crippen molar-refractivity contribution < 1.29 is 9.53 Å². The third-order valence-corrected chi connectivity index (χ3v) is 5.07. The lowest BCUT2D eigenvalue weighted by atomic mass is 10.1. The van der Waals surface area contributed by atoms with Gasteiger partial charge in [0, 0.05) is 10.7 Å². The topological polar surface area (TPSA) is 56.1 Å². The first kappa shape index (κ1) is 17.6. The van der Waals surface area contributed by atoms with Crippen LogP contribution < -0.4 is 10.1 Å². The molecule has 3 aromatic rings. The Balaban J connectivity index is 1.58. The minimum atomic E-state index is -0.227. The zero-order valence-electron chi connectivity index (χ0n) is 15.0. The van der Waals surface area contributed by atoms with E-state index >= 15 is 0 Å². The summed E-state index contributed by atoms with van der Waals surface area (Å²) in [5.41, 5.74) is 4.87. The number of amides is 1. The fourth-order valence-corrected chi connectivity index (χ4v) is 3.73. The minimum Gasteiger partial charge on any atom is -0.496 e. The van der Waals surface area contributed by atoms with Gasteiger partial charge in [-0.15, -0.1) is 0 Å². The number of benzene rings is 2. The highest BCUT2D eigenvalue weighted by Gasteiger charge is 2.23. The zero-order chi connectivity index (χ0) is 18.8. The second-order valence-electron chi connectivity index (χ2n) is 6.50. The number of hydrogen-bond donors (Lipinski definition) is 1. The molecule has 1 N–H and O–H groups in total. The van der Waals surface area contributed by atoms with E-state index in [0.717, 1.165) is 30.6 Å². The van der Waals surface area contributed by atoms with Gasteiger partial charge >= 0.3 is 0 Å². The van der Waals surface area contributed by atoms with Crippen molar-refractivity contribution in [1.29, 1.82) is 0 Å². The Morgan fingerprint density at radius 3 is 2.81 bits per heavy atom. The molecular weight excluding hydrogens is 362 g/mol. The molecule has 2 aromatic carbocycles. The number of nitrogens with zero attached hydrogens (tertiary/aromatic N) is 2. The average molecular weight is 382 g/mol. The molecule has 1 amide bonds. The molecular formula is C21H20ClN3O2. The predicted molar refractivity (Wildman–Crippen MR) is 105 cm³/mol. The summed E-state index contributed by atoms with van der Waals surface area (Å²) in [4.78, 5) is 12.6. The van der Waals surface area contributed by atoms with Gasteiger partial charge in [-0.25, -0.2) is 4.68 Å². The largest absolute Gasteiger partial charge is 0.496 e. The second-order valence-corrected chi connectivity index (χ2v) is 6.94. The molecule has 138 valence electrons. The number of rotatable bonds is 5. The highest BCUT2D eigenvalue weighted by molar-refractivity contribution is 6.31. The van der Waals surface area contributed by atoms with Crippen molar-refractivity contribution >= 4 is 17.5 Å². The summed E-state index contributed by atoms with van der Waals surface area (Å²) in [6.07, 6.45) is 3.12. The van der Waals surface area contributed by atoms with Crippen LogP contribution in [0.25, 0.3) is 5.69 Å². The van der Waals surface area contributed by atoms with Crippen LogP contribution in [-0.4, -0.2) is 22.8 Å². The molecule has 0 saturated carbocycles. The molecule has 4 rings (SSSR count). The summed E-state index contributed by atoms with van der Waals surface area (Å²) < 4.78 is 7.27. The van der Waals surface area contributed by atoms with Crippen LogP contribution >= 0.6 is 11.6 Å². The first-order chi connectivity index (χ1) is 13.2. The average Bonchev–Trinajstić information content (AvgIpc) is 3.30. The third-order valence-electron chi connectivity index (χ3n) is 4.84. The maximum atomic E-state index is 12.6. The van der Waals surface area contributed by atoms with E-state index in [0.29, 0.717) is 22.9 Å². The first-order valence-electron chi connectivity index (χ1n) is 8.94. The van der Waals surface area contributed by atoms with Gasteiger partial charge in [0.1, 0.15) is 5.75 Å². The minimum absolute atomic E-state index is 0.227. The zero-order valence-corrected chi connectivity index (χ0v) is 15.8. The summed E-state index contributed by atoms with van der Waals surface area (Å²) in [5, 5.41) is 8.23. The van der Waals surface area contributed by atoms with Crippen molar-refractivity contribution in [3.05, 3.63) is 76.1 Å². The van der Waals surface area contributed by atoms with Crippen molar-refractivity contribution in [1.82, 2.24) is 15.1 Å². The molecule has 27 heavy (non-hydrogen) atoms. The van der Waals surface area contributed by atoms with Gasteiger partial charge in [0.05, 0.1) is 30.6 Å². The van der Waals surface area contributed by atoms with Crippen LogP contribution in [0.15, 0.2) is 48.5 Å². The molecule has 1 aliphatic carbocycles. The standard InChI is InChI=1S/C21H20ClN3O2/c1-27-20-11-10-14(22)12-17(20)21(26)23-13-18-16-8-5-9-19(16)25(24-18)15-6-3-2-4-7-15/h2-4,6-7,10-12H,5,8-9,13H2,1H3,(H,23,26). The summed E-state index contributed by atoms with van der Waals surface area (Å²) in [6.45, 7) is 0.372. The lowest BCUT2D eigenvalue weighted by molar-refractivity contribution is 0.0947. The molecule has 0 unspecified atom stereocenters. The number of fused-ring (bicyclic) bond motifs is 1. The number of nitrogens with one attached hydrogen (secondary N) is 1. The monoisotopic (exact) mass is 381 g/mol. The molecule has 0 spiro atoms. The van der Waals surface area contributed by atoms with Crippen LogP contribution in [0.1, 0.15) is 33.7 Å². The van der Waals surface area contributed by atoms with Gasteiger partial charge in [0.2, 0.25) is 0 Å². The van der Waals surface area contributed by atoms with Crippen LogP contribution in [0.3, 0.4) is 0 Å². The fraction of sp³-hybridized carbons (Fsp3) is 0.238. The van der Waals surface area contributed by atoms with E-state index in [-0.39, 0.29) is 5.91 Å². The molecule has 0 atom stereocenters. The molecule has 0 fully saturated rings. The highest BCUT2D eigenvalue weighted by atomic mass is 35.5. The quantitative estimate of drug-likeness (QED) is 0.728. The van der Waals surface area contributed by atoms with Gasteiger partial charge in [-0.2, -0.15) is 5.10 Å². The van der Waals surface area contributed by atoms with Gasteiger partial charge < -0.3 is 10.1 Å². The van der Waals surface area contributed by atoms with Gasteiger partial charge in [-0.1, -0.05) is 29.8 Å². The van der Waals surface area contributed by atoms with Crippen LogP contribution in [0.5, 0.6) is 5.75 Å². The third kappa shape index (κ3) is 3.43. The van der Waals surface area contributed by atoms with Gasteiger partial charge in [-0.05, 0) is 55.2 Å². The number of halogens is 1. The molecule has 0 saturated heterocycles. The van der Waals surface area contributed by atoms with Crippen LogP contribution in [-0.2, 0) is 19.4 Å². The Hall–Kier alpha value is -2.79. The van der Waals surface area contributed by atoms with Gasteiger partial charge in [0.15, 0.2) is 0 Å². The Kier molecular flexibility index (Phi) is 4.86. The molecule has 0 aliphatic heterocycles. The first-order valence-corrected chi connectivity index (χ1v) is 9.32. The Morgan fingerprint density at radius 2 is 2.04 bits per heavy atom. The number of hydrogen-bond acceptors (Lipinski definition) is 3. The summed E-state index contributed by atoms with van der Waals surface area (Å²) in [7, 11) is 1.54. The molecule has 5 nitrogen and oxygen atoms in total. The van der Waals surface area contributed by atoms with Crippen LogP contribution in [0, 0.1) is 0 Å². The lowest BCUT2D eigenvalue weighted by Gasteiger charge is -2.09. The van der Waals surface area contributed by atoms with E-state index < -0.39 is 0 Å². The van der Waals surface area contributed by atoms with E-state index in [2.05, 4.69) is 5.32 Å². The van der Waals surface area contributed by atoms with Gasteiger partial charge in [-0.3, -0.25) is 4.79 Å². The van der Waals surface area contributed by atoms with E-state index in [1.54, 1.807) is 18.2 Å².